The van der Waals surface area contributed by atoms with E-state index in [0.29, 0.717) is 0 Å². The Morgan fingerprint density at radius 1 is 1.21 bits per heavy atom. The van der Waals surface area contributed by atoms with Crippen LogP contribution in [0.1, 0.15) is 12.5 Å². The summed E-state index contributed by atoms with van der Waals surface area (Å²) in [6, 6.07) is 4.28. The number of rotatable bonds is 3. The minimum atomic E-state index is -4.54. The second kappa shape index (κ2) is 5.61. The highest BCUT2D eigenvalue weighted by molar-refractivity contribution is 5.90. The number of alkyl halides is 3. The van der Waals surface area contributed by atoms with Crippen LogP contribution in [0.5, 0.6) is 11.5 Å². The molecule has 0 aliphatic rings. The van der Waals surface area contributed by atoms with E-state index in [0.717, 1.165) is 6.92 Å². The van der Waals surface area contributed by atoms with E-state index in [1.807, 2.05) is 0 Å². The molecule has 1 rings (SSSR count). The Kier molecular flexibility index (Phi) is 4.38. The first kappa shape index (κ1) is 14.8. The Morgan fingerprint density at radius 2 is 1.74 bits per heavy atom. The number of benzene rings is 1. The third-order valence-corrected chi connectivity index (χ3v) is 2.32. The molecule has 0 fully saturated rings. The molecule has 0 aliphatic carbocycles. The highest BCUT2D eigenvalue weighted by Crippen LogP contribution is 2.35. The summed E-state index contributed by atoms with van der Waals surface area (Å²) in [7, 11) is 2.71. The van der Waals surface area contributed by atoms with Crippen molar-refractivity contribution in [2.24, 2.45) is 4.99 Å². The smallest absolute Gasteiger partial charge is 0.429 e. The lowest BCUT2D eigenvalue weighted by molar-refractivity contribution is -0.0591. The first-order chi connectivity index (χ1) is 8.83. The molecular weight excluding hydrogens is 261 g/mol. The molecule has 0 aliphatic heterocycles. The fraction of sp³-hybridized carbons (Fsp3) is 0.333. The van der Waals surface area contributed by atoms with Crippen LogP contribution in [0, 0.1) is 11.3 Å². The van der Waals surface area contributed by atoms with Crippen molar-refractivity contribution in [1.29, 1.82) is 5.26 Å². The summed E-state index contributed by atoms with van der Waals surface area (Å²) in [6.07, 6.45) is -4.54. The van der Waals surface area contributed by atoms with Crippen molar-refractivity contribution in [2.45, 2.75) is 13.1 Å². The molecule has 0 atom stereocenters. The molecule has 0 saturated carbocycles. The molecule has 0 bridgehead atoms. The quantitative estimate of drug-likeness (QED) is 0.794. The molecule has 0 saturated heterocycles. The molecule has 1 aromatic carbocycles. The molecule has 0 aromatic heterocycles. The van der Waals surface area contributed by atoms with Gasteiger partial charge in [-0.25, -0.2) is 4.99 Å². The van der Waals surface area contributed by atoms with Crippen molar-refractivity contribution in [3.8, 4) is 17.6 Å². The van der Waals surface area contributed by atoms with E-state index in [4.69, 9.17) is 14.7 Å². The Hall–Kier alpha value is -2.23. The third-order valence-electron chi connectivity index (χ3n) is 2.32. The molecule has 0 spiro atoms. The van der Waals surface area contributed by atoms with Crippen LogP contribution in [-0.2, 0) is 0 Å². The highest BCUT2D eigenvalue weighted by atomic mass is 19.4. The SMILES string of the molecule is COc1cc(C#N)c(N=C(C)C(F)(F)F)cc1OC. The van der Waals surface area contributed by atoms with E-state index >= 15 is 0 Å². The second-order valence-electron chi connectivity index (χ2n) is 3.53. The van der Waals surface area contributed by atoms with Gasteiger partial charge in [0, 0.05) is 12.1 Å². The molecule has 0 heterocycles. The maximum Gasteiger partial charge on any atom is 0.429 e. The van der Waals surface area contributed by atoms with Crippen LogP contribution in [0.4, 0.5) is 18.9 Å². The molecule has 4 nitrogen and oxygen atoms in total. The van der Waals surface area contributed by atoms with Crippen molar-refractivity contribution in [2.75, 3.05) is 14.2 Å². The summed E-state index contributed by atoms with van der Waals surface area (Å²) < 4.78 is 47.2. The van der Waals surface area contributed by atoms with Gasteiger partial charge in [0.2, 0.25) is 0 Å². The average Bonchev–Trinajstić information content (AvgIpc) is 2.36. The molecular formula is C12H11F3N2O2. The predicted molar refractivity (Wildman–Crippen MR) is 63.1 cm³/mol. The zero-order valence-corrected chi connectivity index (χ0v) is 10.5. The van der Waals surface area contributed by atoms with Gasteiger partial charge in [-0.05, 0) is 6.92 Å². The van der Waals surface area contributed by atoms with Crippen LogP contribution in [-0.4, -0.2) is 26.1 Å². The fourth-order valence-corrected chi connectivity index (χ4v) is 1.29. The Balaban J connectivity index is 3.40. The largest absolute Gasteiger partial charge is 0.493 e. The van der Waals surface area contributed by atoms with Crippen LogP contribution < -0.4 is 9.47 Å². The third kappa shape index (κ3) is 3.37. The summed E-state index contributed by atoms with van der Waals surface area (Å²) in [4.78, 5) is 3.42. The summed E-state index contributed by atoms with van der Waals surface area (Å²) in [5, 5.41) is 8.92. The summed E-state index contributed by atoms with van der Waals surface area (Å²) >= 11 is 0. The molecule has 0 unspecified atom stereocenters. The lowest BCUT2D eigenvalue weighted by Gasteiger charge is -2.10. The lowest BCUT2D eigenvalue weighted by Crippen LogP contribution is -2.19. The number of halogens is 3. The van der Waals surface area contributed by atoms with Gasteiger partial charge in [0.05, 0.1) is 25.5 Å². The summed E-state index contributed by atoms with van der Waals surface area (Å²) in [5.74, 6) is 0.456. The van der Waals surface area contributed by atoms with Crippen LogP contribution in [0.15, 0.2) is 17.1 Å². The van der Waals surface area contributed by atoms with E-state index < -0.39 is 11.9 Å². The predicted octanol–water partition coefficient (Wildman–Crippen LogP) is 3.23. The van der Waals surface area contributed by atoms with E-state index in [1.54, 1.807) is 6.07 Å². The number of hydrogen-bond donors (Lipinski definition) is 0. The fourth-order valence-electron chi connectivity index (χ4n) is 1.29. The monoisotopic (exact) mass is 272 g/mol. The number of aliphatic imine (C=N–C) groups is 1. The van der Waals surface area contributed by atoms with Gasteiger partial charge < -0.3 is 9.47 Å². The van der Waals surface area contributed by atoms with Crippen LogP contribution in [0.2, 0.25) is 0 Å². The van der Waals surface area contributed by atoms with Crippen molar-refractivity contribution < 1.29 is 22.6 Å². The van der Waals surface area contributed by atoms with E-state index in [2.05, 4.69) is 4.99 Å². The van der Waals surface area contributed by atoms with Crippen molar-refractivity contribution >= 4 is 11.4 Å². The van der Waals surface area contributed by atoms with Gasteiger partial charge in [0.1, 0.15) is 11.8 Å². The van der Waals surface area contributed by atoms with E-state index in [-0.39, 0.29) is 22.7 Å². The first-order valence-electron chi connectivity index (χ1n) is 5.12. The normalized spacial score (nSPS) is 11.9. The molecule has 102 valence electrons. The average molecular weight is 272 g/mol. The standard InChI is InChI=1S/C12H11F3N2O2/c1-7(12(13,14)15)17-9-5-11(19-3)10(18-2)4-8(9)6-16/h4-5H,1-3H3. The molecule has 0 amide bonds. The second-order valence-corrected chi connectivity index (χ2v) is 3.53. The van der Waals surface area contributed by atoms with Gasteiger partial charge in [-0.15, -0.1) is 0 Å². The van der Waals surface area contributed by atoms with Gasteiger partial charge in [-0.3, -0.25) is 0 Å². The Labute approximate surface area is 108 Å². The zero-order chi connectivity index (χ0) is 14.6. The van der Waals surface area contributed by atoms with Crippen molar-refractivity contribution in [3.05, 3.63) is 17.7 Å². The van der Waals surface area contributed by atoms with Gasteiger partial charge in [-0.1, -0.05) is 0 Å². The van der Waals surface area contributed by atoms with Crippen LogP contribution in [0.3, 0.4) is 0 Å². The molecule has 7 heteroatoms. The van der Waals surface area contributed by atoms with E-state index in [9.17, 15) is 13.2 Å². The molecule has 0 N–H and O–H groups in total. The van der Waals surface area contributed by atoms with Gasteiger partial charge in [0.15, 0.2) is 11.5 Å². The Bertz CT molecular complexity index is 545. The topological polar surface area (TPSA) is 54.6 Å². The number of nitriles is 1. The Morgan fingerprint density at radius 3 is 2.16 bits per heavy atom. The minimum Gasteiger partial charge on any atom is -0.493 e. The molecule has 1 aromatic rings. The van der Waals surface area contributed by atoms with Gasteiger partial charge in [-0.2, -0.15) is 18.4 Å². The maximum absolute atomic E-state index is 12.4. The minimum absolute atomic E-state index is 0.0266. The summed E-state index contributed by atoms with van der Waals surface area (Å²) in [5.41, 5.74) is -1.19. The summed E-state index contributed by atoms with van der Waals surface area (Å²) in [6.45, 7) is 0.831. The molecule has 0 radical (unpaired) electrons. The number of methoxy groups -OCH3 is 2. The van der Waals surface area contributed by atoms with Gasteiger partial charge >= 0.3 is 6.18 Å². The number of hydrogen-bond acceptors (Lipinski definition) is 4. The van der Waals surface area contributed by atoms with Crippen molar-refractivity contribution in [3.63, 3.8) is 0 Å². The number of ether oxygens (including phenoxy) is 2. The van der Waals surface area contributed by atoms with Crippen LogP contribution >= 0.6 is 0 Å². The first-order valence-corrected chi connectivity index (χ1v) is 5.12. The maximum atomic E-state index is 12.4. The lowest BCUT2D eigenvalue weighted by atomic mass is 10.1. The van der Waals surface area contributed by atoms with Crippen molar-refractivity contribution in [1.82, 2.24) is 0 Å². The van der Waals surface area contributed by atoms with E-state index in [1.165, 1.54) is 26.4 Å². The zero-order valence-electron chi connectivity index (χ0n) is 10.5. The number of nitrogens with zero attached hydrogens (tertiary/aromatic N) is 2. The highest BCUT2D eigenvalue weighted by Gasteiger charge is 2.32. The van der Waals surface area contributed by atoms with Crippen LogP contribution in [0.25, 0.3) is 0 Å². The van der Waals surface area contributed by atoms with Gasteiger partial charge in [0.25, 0.3) is 0 Å². The molecule has 19 heavy (non-hydrogen) atoms.